The van der Waals surface area contributed by atoms with Crippen molar-refractivity contribution < 1.29 is 24.6 Å². The number of anilines is 1. The van der Waals surface area contributed by atoms with E-state index in [0.717, 1.165) is 6.07 Å². The molecule has 0 fully saturated rings. The highest BCUT2D eigenvalue weighted by Gasteiger charge is 2.11. The average Bonchev–Trinajstić information content (AvgIpc) is 2.40. The first-order valence-electron chi connectivity index (χ1n) is 6.12. The molecule has 0 saturated heterocycles. The smallest absolute Gasteiger partial charge is 0.339 e. The zero-order chi connectivity index (χ0) is 16.0. The summed E-state index contributed by atoms with van der Waals surface area (Å²) in [5.41, 5.74) is -0.0859. The summed E-state index contributed by atoms with van der Waals surface area (Å²) in [5, 5.41) is 23.1. The van der Waals surface area contributed by atoms with Gasteiger partial charge in [0.05, 0.1) is 0 Å². The molecule has 0 spiro atoms. The number of hydrogen-bond acceptors (Lipinski definition) is 4. The third-order valence-electron chi connectivity index (χ3n) is 2.61. The van der Waals surface area contributed by atoms with Gasteiger partial charge in [-0.1, -0.05) is 0 Å². The minimum absolute atomic E-state index is 0.118. The van der Waals surface area contributed by atoms with Crippen LogP contribution in [-0.2, 0) is 4.79 Å². The van der Waals surface area contributed by atoms with E-state index in [-0.39, 0.29) is 35.9 Å². The first-order valence-corrected chi connectivity index (χ1v) is 6.12. The third-order valence-corrected chi connectivity index (χ3v) is 2.61. The normalized spacial score (nSPS) is 9.81. The number of nitrogens with one attached hydrogen (secondary N) is 2. The van der Waals surface area contributed by atoms with E-state index in [4.69, 9.17) is 5.11 Å². The highest BCUT2D eigenvalue weighted by molar-refractivity contribution is 5.95. The number of phenols is 1. The van der Waals surface area contributed by atoms with E-state index in [0.29, 0.717) is 0 Å². The highest BCUT2D eigenvalue weighted by Crippen LogP contribution is 2.21. The van der Waals surface area contributed by atoms with Gasteiger partial charge in [0.25, 0.3) is 0 Å². The molecule has 0 radical (unpaired) electrons. The second-order valence-electron chi connectivity index (χ2n) is 4.46. The number of carboxylic acids is 1. The van der Waals surface area contributed by atoms with E-state index in [1.54, 1.807) is 14.1 Å². The molecule has 0 aliphatic carbocycles. The maximum absolute atomic E-state index is 11.6. The van der Waals surface area contributed by atoms with E-state index in [1.165, 1.54) is 17.0 Å². The molecule has 114 valence electrons. The van der Waals surface area contributed by atoms with Crippen LogP contribution in [0.15, 0.2) is 18.2 Å². The van der Waals surface area contributed by atoms with Crippen LogP contribution >= 0.6 is 0 Å². The van der Waals surface area contributed by atoms with Gasteiger partial charge < -0.3 is 25.7 Å². The molecule has 0 aliphatic rings. The highest BCUT2D eigenvalue weighted by atomic mass is 16.4. The Labute approximate surface area is 121 Å². The van der Waals surface area contributed by atoms with E-state index in [1.807, 2.05) is 0 Å². The number of aromatic carboxylic acids is 1. The van der Waals surface area contributed by atoms with Crippen molar-refractivity contribution in [2.75, 3.05) is 26.0 Å². The predicted molar refractivity (Wildman–Crippen MR) is 75.4 cm³/mol. The van der Waals surface area contributed by atoms with Crippen molar-refractivity contribution in [2.24, 2.45) is 0 Å². The number of aromatic hydroxyl groups is 1. The number of carbonyl (C=O) groups excluding carboxylic acids is 2. The molecule has 4 N–H and O–H groups in total. The Morgan fingerprint density at radius 2 is 1.90 bits per heavy atom. The van der Waals surface area contributed by atoms with Crippen LogP contribution < -0.4 is 10.6 Å². The van der Waals surface area contributed by atoms with Gasteiger partial charge in [0.15, 0.2) is 0 Å². The maximum atomic E-state index is 11.6. The summed E-state index contributed by atoms with van der Waals surface area (Å²) in [7, 11) is 3.23. The molecule has 0 unspecified atom stereocenters. The SMILES string of the molecule is CN(C)C(=O)CCNC(=O)Nc1ccc(O)c(C(=O)O)c1. The van der Waals surface area contributed by atoms with Crippen molar-refractivity contribution in [1.82, 2.24) is 10.2 Å². The van der Waals surface area contributed by atoms with Gasteiger partial charge in [-0.05, 0) is 18.2 Å². The molecule has 8 nitrogen and oxygen atoms in total. The molecule has 1 aromatic rings. The number of carbonyl (C=O) groups is 3. The largest absolute Gasteiger partial charge is 0.507 e. The zero-order valence-corrected chi connectivity index (χ0v) is 11.7. The lowest BCUT2D eigenvalue weighted by atomic mass is 10.2. The van der Waals surface area contributed by atoms with Crippen LogP contribution in [0.4, 0.5) is 10.5 Å². The van der Waals surface area contributed by atoms with E-state index >= 15 is 0 Å². The quantitative estimate of drug-likeness (QED) is 0.596. The fourth-order valence-electron chi connectivity index (χ4n) is 1.47. The number of benzene rings is 1. The zero-order valence-electron chi connectivity index (χ0n) is 11.7. The summed E-state index contributed by atoms with van der Waals surface area (Å²) >= 11 is 0. The Morgan fingerprint density at radius 3 is 2.48 bits per heavy atom. The predicted octanol–water partition coefficient (Wildman–Crippen LogP) is 0.690. The van der Waals surface area contributed by atoms with Gasteiger partial charge >= 0.3 is 12.0 Å². The summed E-state index contributed by atoms with van der Waals surface area (Å²) in [5.74, 6) is -1.80. The molecule has 8 heteroatoms. The molecule has 21 heavy (non-hydrogen) atoms. The van der Waals surface area contributed by atoms with Crippen molar-refractivity contribution in [3.05, 3.63) is 23.8 Å². The van der Waals surface area contributed by atoms with Gasteiger partial charge in [-0.25, -0.2) is 9.59 Å². The van der Waals surface area contributed by atoms with Gasteiger partial charge in [-0.3, -0.25) is 4.79 Å². The molecule has 0 atom stereocenters. The number of amides is 3. The van der Waals surface area contributed by atoms with E-state index in [2.05, 4.69) is 10.6 Å². The first kappa shape index (κ1) is 16.3. The first-order chi connectivity index (χ1) is 9.81. The molecule has 3 amide bonds. The molecule has 0 heterocycles. The Morgan fingerprint density at radius 1 is 1.24 bits per heavy atom. The van der Waals surface area contributed by atoms with Crippen LogP contribution in [0.25, 0.3) is 0 Å². The molecule has 0 bridgehead atoms. The Kier molecular flexibility index (Phi) is 5.53. The Balaban J connectivity index is 2.54. The lowest BCUT2D eigenvalue weighted by molar-refractivity contribution is -0.128. The van der Waals surface area contributed by atoms with Crippen LogP contribution in [0.2, 0.25) is 0 Å². The van der Waals surface area contributed by atoms with Crippen molar-refractivity contribution in [3.63, 3.8) is 0 Å². The number of carboxylic acid groups (broad SMARTS) is 1. The number of hydrogen-bond donors (Lipinski definition) is 4. The third kappa shape index (κ3) is 5.01. The second-order valence-corrected chi connectivity index (χ2v) is 4.46. The van der Waals surface area contributed by atoms with Gasteiger partial charge in [-0.15, -0.1) is 0 Å². The Hall–Kier alpha value is -2.77. The van der Waals surface area contributed by atoms with Crippen molar-refractivity contribution in [3.8, 4) is 5.75 Å². The fraction of sp³-hybridized carbons (Fsp3) is 0.308. The summed E-state index contributed by atoms with van der Waals surface area (Å²) in [4.78, 5) is 35.1. The van der Waals surface area contributed by atoms with Crippen molar-refractivity contribution >= 4 is 23.6 Å². The Bertz CT molecular complexity index is 557. The van der Waals surface area contributed by atoms with Crippen LogP contribution in [0.5, 0.6) is 5.75 Å². The minimum Gasteiger partial charge on any atom is -0.507 e. The standard InChI is InChI=1S/C13H17N3O5/c1-16(2)11(18)5-6-14-13(21)15-8-3-4-10(17)9(7-8)12(19)20/h3-4,7,17H,5-6H2,1-2H3,(H,19,20)(H2,14,15,21). The topological polar surface area (TPSA) is 119 Å². The van der Waals surface area contributed by atoms with Gasteiger partial charge in [0.2, 0.25) is 5.91 Å². The maximum Gasteiger partial charge on any atom is 0.339 e. The number of rotatable bonds is 5. The lowest BCUT2D eigenvalue weighted by Crippen LogP contribution is -2.33. The minimum atomic E-state index is -1.30. The monoisotopic (exact) mass is 295 g/mol. The van der Waals surface area contributed by atoms with E-state index in [9.17, 15) is 19.5 Å². The average molecular weight is 295 g/mol. The molecular formula is C13H17N3O5. The molecule has 1 aromatic carbocycles. The summed E-state index contributed by atoms with van der Waals surface area (Å²) in [6, 6.07) is 3.12. The number of urea groups is 1. The second kappa shape index (κ2) is 7.13. The summed E-state index contributed by atoms with van der Waals surface area (Å²) in [6.45, 7) is 0.159. The van der Waals surface area contributed by atoms with Gasteiger partial charge in [-0.2, -0.15) is 0 Å². The number of nitrogens with zero attached hydrogens (tertiary/aromatic N) is 1. The van der Waals surface area contributed by atoms with Crippen LogP contribution in [0, 0.1) is 0 Å². The molecular weight excluding hydrogens is 278 g/mol. The van der Waals surface area contributed by atoms with Crippen LogP contribution in [0.3, 0.4) is 0 Å². The van der Waals surface area contributed by atoms with Crippen molar-refractivity contribution in [2.45, 2.75) is 6.42 Å². The fourth-order valence-corrected chi connectivity index (χ4v) is 1.47. The molecule has 0 aliphatic heterocycles. The molecule has 0 aromatic heterocycles. The molecule has 0 saturated carbocycles. The van der Waals surface area contributed by atoms with Crippen LogP contribution in [-0.4, -0.2) is 53.7 Å². The molecule has 1 rings (SSSR count). The lowest BCUT2D eigenvalue weighted by Gasteiger charge is -2.11. The van der Waals surface area contributed by atoms with Crippen molar-refractivity contribution in [1.29, 1.82) is 0 Å². The summed E-state index contributed by atoms with van der Waals surface area (Å²) < 4.78 is 0. The van der Waals surface area contributed by atoms with Gasteiger partial charge in [0, 0.05) is 32.7 Å². The van der Waals surface area contributed by atoms with E-state index < -0.39 is 12.0 Å². The van der Waals surface area contributed by atoms with Crippen LogP contribution in [0.1, 0.15) is 16.8 Å². The summed E-state index contributed by atoms with van der Waals surface area (Å²) in [6.07, 6.45) is 0.163. The van der Waals surface area contributed by atoms with Gasteiger partial charge in [0.1, 0.15) is 11.3 Å².